The van der Waals surface area contributed by atoms with Gasteiger partial charge in [0.25, 0.3) is 0 Å². The lowest BCUT2D eigenvalue weighted by Crippen LogP contribution is -2.40. The fourth-order valence-corrected chi connectivity index (χ4v) is 4.66. The van der Waals surface area contributed by atoms with Crippen molar-refractivity contribution in [1.82, 2.24) is 20.0 Å². The quantitative estimate of drug-likeness (QED) is 0.856. The van der Waals surface area contributed by atoms with Crippen LogP contribution in [0.3, 0.4) is 0 Å². The molecule has 150 valence electrons. The van der Waals surface area contributed by atoms with E-state index in [9.17, 15) is 9.59 Å². The van der Waals surface area contributed by atoms with Crippen LogP contribution in [-0.2, 0) is 22.6 Å². The summed E-state index contributed by atoms with van der Waals surface area (Å²) in [5, 5.41) is 7.66. The van der Waals surface area contributed by atoms with Crippen molar-refractivity contribution in [3.63, 3.8) is 0 Å². The van der Waals surface area contributed by atoms with Gasteiger partial charge in [0.1, 0.15) is 0 Å². The van der Waals surface area contributed by atoms with E-state index in [2.05, 4.69) is 10.2 Å². The number of aromatic nitrogens is 2. The van der Waals surface area contributed by atoms with Crippen LogP contribution in [0, 0.1) is 5.92 Å². The van der Waals surface area contributed by atoms with Gasteiger partial charge in [-0.05, 0) is 31.0 Å². The lowest BCUT2D eigenvalue weighted by molar-refractivity contribution is -0.136. The van der Waals surface area contributed by atoms with Gasteiger partial charge < -0.3 is 19.3 Å². The largest absolute Gasteiger partial charge is 0.454 e. The molecular formula is C21H22N4O4. The second-order valence-corrected chi connectivity index (χ2v) is 8.29. The van der Waals surface area contributed by atoms with Gasteiger partial charge in [-0.25, -0.2) is 0 Å². The van der Waals surface area contributed by atoms with Crippen molar-refractivity contribution in [1.29, 1.82) is 0 Å². The van der Waals surface area contributed by atoms with Gasteiger partial charge in [-0.2, -0.15) is 5.10 Å². The number of fused-ring (bicyclic) bond motifs is 2. The van der Waals surface area contributed by atoms with Crippen molar-refractivity contribution >= 4 is 11.8 Å². The molecule has 0 unspecified atom stereocenters. The highest BCUT2D eigenvalue weighted by Crippen LogP contribution is 2.38. The van der Waals surface area contributed by atoms with E-state index in [1.54, 1.807) is 0 Å². The Morgan fingerprint density at radius 2 is 2.07 bits per heavy atom. The summed E-state index contributed by atoms with van der Waals surface area (Å²) in [6, 6.07) is 6.16. The van der Waals surface area contributed by atoms with E-state index in [0.29, 0.717) is 37.8 Å². The number of carbonyl (C=O) groups is 2. The fraction of sp³-hybridized carbons (Fsp3) is 0.476. The second-order valence-electron chi connectivity index (χ2n) is 8.29. The van der Waals surface area contributed by atoms with Crippen LogP contribution in [0.5, 0.6) is 11.5 Å². The van der Waals surface area contributed by atoms with E-state index in [1.165, 1.54) is 0 Å². The van der Waals surface area contributed by atoms with Gasteiger partial charge in [-0.1, -0.05) is 0 Å². The summed E-state index contributed by atoms with van der Waals surface area (Å²) in [7, 11) is 0. The van der Waals surface area contributed by atoms with Gasteiger partial charge >= 0.3 is 0 Å². The van der Waals surface area contributed by atoms with E-state index in [4.69, 9.17) is 9.47 Å². The van der Waals surface area contributed by atoms with E-state index in [-0.39, 0.29) is 24.5 Å². The van der Waals surface area contributed by atoms with Gasteiger partial charge in [-0.3, -0.25) is 14.7 Å². The van der Waals surface area contributed by atoms with Crippen LogP contribution >= 0.6 is 0 Å². The van der Waals surface area contributed by atoms with Crippen molar-refractivity contribution in [2.45, 2.75) is 38.3 Å². The third-order valence-corrected chi connectivity index (χ3v) is 6.39. The van der Waals surface area contributed by atoms with Crippen molar-refractivity contribution in [2.24, 2.45) is 5.92 Å². The summed E-state index contributed by atoms with van der Waals surface area (Å²) in [6.07, 6.45) is 3.24. The monoisotopic (exact) mass is 394 g/mol. The van der Waals surface area contributed by atoms with Gasteiger partial charge in [0.05, 0.1) is 11.6 Å². The number of carbonyl (C=O) groups excluding carboxylic acids is 2. The first kappa shape index (κ1) is 16.9. The molecule has 1 aromatic heterocycles. The summed E-state index contributed by atoms with van der Waals surface area (Å²) in [5.74, 6) is 1.46. The molecule has 0 spiro atoms. The molecule has 2 aromatic rings. The third-order valence-electron chi connectivity index (χ3n) is 6.39. The molecule has 29 heavy (non-hydrogen) atoms. The highest BCUT2D eigenvalue weighted by molar-refractivity contribution is 5.90. The predicted molar refractivity (Wildman–Crippen MR) is 102 cm³/mol. The first-order valence-corrected chi connectivity index (χ1v) is 10.2. The number of nitrogens with zero attached hydrogens (tertiary/aromatic N) is 3. The molecule has 1 atom stereocenters. The third kappa shape index (κ3) is 2.77. The molecule has 8 nitrogen and oxygen atoms in total. The molecule has 1 aliphatic carbocycles. The summed E-state index contributed by atoms with van der Waals surface area (Å²) in [5.41, 5.74) is 3.91. The minimum atomic E-state index is -0.217. The molecule has 2 fully saturated rings. The number of benzene rings is 1. The van der Waals surface area contributed by atoms with Gasteiger partial charge in [0.15, 0.2) is 11.5 Å². The molecule has 2 amide bonds. The van der Waals surface area contributed by atoms with Crippen LogP contribution in [0.25, 0.3) is 11.3 Å². The van der Waals surface area contributed by atoms with Crippen LogP contribution < -0.4 is 9.47 Å². The number of H-pyrrole nitrogens is 1. The SMILES string of the molecule is O=C([C@H]1CC(=O)N(C2CC2)C1)N1CCc2[nH]nc(-c3ccc4c(c3)OCO4)c2C1. The fourth-order valence-electron chi connectivity index (χ4n) is 4.66. The number of hydrogen-bond donors (Lipinski definition) is 1. The van der Waals surface area contributed by atoms with E-state index in [1.807, 2.05) is 28.0 Å². The zero-order chi connectivity index (χ0) is 19.5. The Kier molecular flexibility index (Phi) is 3.63. The molecule has 6 rings (SSSR count). The Morgan fingerprint density at radius 1 is 1.21 bits per heavy atom. The van der Waals surface area contributed by atoms with Gasteiger partial charge in [0, 0.05) is 55.3 Å². The number of nitrogens with one attached hydrogen (secondary N) is 1. The lowest BCUT2D eigenvalue weighted by atomic mass is 9.99. The standard InChI is InChI=1S/C21H22N4O4/c26-19-8-13(9-25(19)14-2-3-14)21(27)24-6-5-16-15(10-24)20(23-22-16)12-1-4-17-18(7-12)29-11-28-17/h1,4,7,13-14H,2-3,5-6,8-11H2,(H,22,23)/t13-/m0/s1. The highest BCUT2D eigenvalue weighted by Gasteiger charge is 2.43. The predicted octanol–water partition coefficient (Wildman–Crippen LogP) is 1.70. The van der Waals surface area contributed by atoms with E-state index < -0.39 is 0 Å². The van der Waals surface area contributed by atoms with Gasteiger partial charge in [-0.15, -0.1) is 0 Å². The molecule has 4 heterocycles. The Balaban J connectivity index is 1.23. The Morgan fingerprint density at radius 3 is 2.93 bits per heavy atom. The summed E-state index contributed by atoms with van der Waals surface area (Å²) < 4.78 is 10.9. The van der Waals surface area contributed by atoms with Crippen molar-refractivity contribution in [2.75, 3.05) is 19.9 Å². The Hall–Kier alpha value is -3.03. The number of rotatable bonds is 3. The summed E-state index contributed by atoms with van der Waals surface area (Å²) in [4.78, 5) is 29.2. The highest BCUT2D eigenvalue weighted by atomic mass is 16.7. The number of hydrogen-bond acceptors (Lipinski definition) is 5. The molecule has 1 saturated carbocycles. The normalized spacial score (nSPS) is 22.9. The molecule has 3 aliphatic heterocycles. The summed E-state index contributed by atoms with van der Waals surface area (Å²) >= 11 is 0. The number of amides is 2. The smallest absolute Gasteiger partial charge is 0.231 e. The molecule has 0 bridgehead atoms. The van der Waals surface area contributed by atoms with Crippen LogP contribution in [0.2, 0.25) is 0 Å². The molecular weight excluding hydrogens is 372 g/mol. The van der Waals surface area contributed by atoms with Crippen LogP contribution in [0.1, 0.15) is 30.5 Å². The van der Waals surface area contributed by atoms with E-state index in [0.717, 1.165) is 47.5 Å². The number of likely N-dealkylation sites (tertiary alicyclic amines) is 1. The Bertz CT molecular complexity index is 1010. The maximum absolute atomic E-state index is 13.1. The lowest BCUT2D eigenvalue weighted by Gasteiger charge is -2.29. The Labute approximate surface area is 167 Å². The number of aromatic amines is 1. The minimum absolute atomic E-state index is 0.0880. The van der Waals surface area contributed by atoms with Gasteiger partial charge in [0.2, 0.25) is 18.6 Å². The molecule has 1 aromatic carbocycles. The van der Waals surface area contributed by atoms with Crippen molar-refractivity contribution in [3.8, 4) is 22.8 Å². The molecule has 4 aliphatic rings. The summed E-state index contributed by atoms with van der Waals surface area (Å²) in [6.45, 7) is 1.98. The molecule has 1 saturated heterocycles. The van der Waals surface area contributed by atoms with E-state index >= 15 is 0 Å². The first-order chi connectivity index (χ1) is 14.2. The van der Waals surface area contributed by atoms with Crippen molar-refractivity contribution < 1.29 is 19.1 Å². The molecule has 1 N–H and O–H groups in total. The zero-order valence-electron chi connectivity index (χ0n) is 16.0. The molecule has 0 radical (unpaired) electrons. The molecule has 8 heteroatoms. The maximum Gasteiger partial charge on any atom is 0.231 e. The minimum Gasteiger partial charge on any atom is -0.454 e. The first-order valence-electron chi connectivity index (χ1n) is 10.2. The van der Waals surface area contributed by atoms with Crippen LogP contribution in [-0.4, -0.2) is 57.7 Å². The zero-order valence-corrected chi connectivity index (χ0v) is 16.0. The average Bonchev–Trinajstić information content (AvgIpc) is 3.14. The maximum atomic E-state index is 13.1. The van der Waals surface area contributed by atoms with Crippen LogP contribution in [0.15, 0.2) is 18.2 Å². The number of ether oxygens (including phenoxy) is 2. The average molecular weight is 394 g/mol. The topological polar surface area (TPSA) is 87.8 Å². The van der Waals surface area contributed by atoms with Crippen LogP contribution in [0.4, 0.5) is 0 Å². The second kappa shape index (κ2) is 6.23. The van der Waals surface area contributed by atoms with Crippen molar-refractivity contribution in [3.05, 3.63) is 29.5 Å².